The van der Waals surface area contributed by atoms with Gasteiger partial charge in [-0.05, 0) is 93.9 Å². The van der Waals surface area contributed by atoms with Gasteiger partial charge in [-0.1, -0.05) is 17.7 Å². The molecule has 2 aromatic rings. The SMILES string of the molecule is Cc1cc(C)c(CNc2c(Br)cc(C)cc2Br)c(C)c1. The van der Waals surface area contributed by atoms with Crippen molar-refractivity contribution in [1.29, 1.82) is 0 Å². The molecule has 0 saturated heterocycles. The molecule has 0 aliphatic heterocycles. The lowest BCUT2D eigenvalue weighted by Gasteiger charge is -2.15. The van der Waals surface area contributed by atoms with E-state index in [0.717, 1.165) is 21.2 Å². The maximum absolute atomic E-state index is 3.63. The van der Waals surface area contributed by atoms with Gasteiger partial charge in [0.1, 0.15) is 0 Å². The first kappa shape index (κ1) is 15.6. The second-order valence-corrected chi connectivity index (χ2v) is 7.04. The van der Waals surface area contributed by atoms with E-state index < -0.39 is 0 Å². The summed E-state index contributed by atoms with van der Waals surface area (Å²) >= 11 is 7.26. The first-order chi connectivity index (χ1) is 9.38. The Kier molecular flexibility index (Phi) is 4.92. The normalized spacial score (nSPS) is 10.7. The van der Waals surface area contributed by atoms with Gasteiger partial charge in [0.25, 0.3) is 0 Å². The van der Waals surface area contributed by atoms with Crippen LogP contribution in [0.25, 0.3) is 0 Å². The summed E-state index contributed by atoms with van der Waals surface area (Å²) in [5.41, 5.74) is 7.71. The maximum atomic E-state index is 3.63. The number of anilines is 1. The van der Waals surface area contributed by atoms with Gasteiger partial charge in [-0.2, -0.15) is 0 Å². The zero-order valence-corrected chi connectivity index (χ0v) is 15.4. The molecule has 1 nitrogen and oxygen atoms in total. The molecule has 0 aliphatic carbocycles. The van der Waals surface area contributed by atoms with E-state index in [2.05, 4.69) is 89.1 Å². The van der Waals surface area contributed by atoms with Gasteiger partial charge in [0.2, 0.25) is 0 Å². The molecule has 0 saturated carbocycles. The number of rotatable bonds is 3. The van der Waals surface area contributed by atoms with Crippen LogP contribution in [0.2, 0.25) is 0 Å². The molecule has 0 atom stereocenters. The van der Waals surface area contributed by atoms with Crippen molar-refractivity contribution in [2.24, 2.45) is 0 Å². The highest BCUT2D eigenvalue weighted by atomic mass is 79.9. The number of halogens is 2. The molecule has 0 amide bonds. The van der Waals surface area contributed by atoms with Crippen LogP contribution in [0.5, 0.6) is 0 Å². The Morgan fingerprint density at radius 3 is 1.75 bits per heavy atom. The van der Waals surface area contributed by atoms with E-state index in [1.165, 1.54) is 27.8 Å². The highest BCUT2D eigenvalue weighted by Gasteiger charge is 2.08. The number of benzene rings is 2. The minimum Gasteiger partial charge on any atom is -0.379 e. The third-order valence-corrected chi connectivity index (χ3v) is 4.72. The van der Waals surface area contributed by atoms with Gasteiger partial charge in [-0.3, -0.25) is 0 Å². The molecule has 2 aromatic carbocycles. The molecule has 0 unspecified atom stereocenters. The van der Waals surface area contributed by atoms with Gasteiger partial charge in [0, 0.05) is 15.5 Å². The predicted octanol–water partition coefficient (Wildman–Crippen LogP) is 6.06. The molecule has 106 valence electrons. The Hall–Kier alpha value is -0.800. The Balaban J connectivity index is 2.26. The first-order valence-corrected chi connectivity index (χ1v) is 8.23. The van der Waals surface area contributed by atoms with Crippen LogP contribution in [-0.4, -0.2) is 0 Å². The van der Waals surface area contributed by atoms with Crippen molar-refractivity contribution in [2.75, 3.05) is 5.32 Å². The number of aryl methyl sites for hydroxylation is 4. The smallest absolute Gasteiger partial charge is 0.0631 e. The van der Waals surface area contributed by atoms with E-state index >= 15 is 0 Å². The van der Waals surface area contributed by atoms with Crippen molar-refractivity contribution in [3.05, 3.63) is 61.0 Å². The van der Waals surface area contributed by atoms with E-state index in [4.69, 9.17) is 0 Å². The van der Waals surface area contributed by atoms with Crippen molar-refractivity contribution in [3.8, 4) is 0 Å². The summed E-state index contributed by atoms with van der Waals surface area (Å²) in [6, 6.07) is 8.73. The monoisotopic (exact) mass is 395 g/mol. The fourth-order valence-corrected chi connectivity index (χ4v) is 4.23. The van der Waals surface area contributed by atoms with Crippen LogP contribution in [0.3, 0.4) is 0 Å². The Bertz CT molecular complexity index is 544. The fourth-order valence-electron chi connectivity index (χ4n) is 2.53. The van der Waals surface area contributed by atoms with E-state index in [0.29, 0.717) is 0 Å². The molecule has 0 spiro atoms. The largest absolute Gasteiger partial charge is 0.379 e. The van der Waals surface area contributed by atoms with Gasteiger partial charge < -0.3 is 5.32 Å². The molecule has 0 aliphatic rings. The number of nitrogens with one attached hydrogen (secondary N) is 1. The van der Waals surface area contributed by atoms with Crippen molar-refractivity contribution >= 4 is 37.5 Å². The lowest BCUT2D eigenvalue weighted by atomic mass is 10.00. The van der Waals surface area contributed by atoms with Crippen LogP contribution in [0.1, 0.15) is 27.8 Å². The molecular formula is C17H19Br2N. The minimum atomic E-state index is 0.832. The van der Waals surface area contributed by atoms with E-state index in [1.807, 2.05) is 0 Å². The Labute approximate surface area is 138 Å². The molecule has 0 fully saturated rings. The molecule has 0 radical (unpaired) electrons. The number of hydrogen-bond donors (Lipinski definition) is 1. The van der Waals surface area contributed by atoms with Gasteiger partial charge >= 0.3 is 0 Å². The quantitative estimate of drug-likeness (QED) is 0.664. The van der Waals surface area contributed by atoms with Gasteiger partial charge in [-0.15, -0.1) is 0 Å². The number of hydrogen-bond acceptors (Lipinski definition) is 1. The Morgan fingerprint density at radius 2 is 1.25 bits per heavy atom. The van der Waals surface area contributed by atoms with Crippen LogP contribution in [0.15, 0.2) is 33.2 Å². The lowest BCUT2D eigenvalue weighted by Crippen LogP contribution is -2.05. The summed E-state index contributed by atoms with van der Waals surface area (Å²) in [5.74, 6) is 0. The van der Waals surface area contributed by atoms with Gasteiger partial charge in [-0.25, -0.2) is 0 Å². The van der Waals surface area contributed by atoms with E-state index in [-0.39, 0.29) is 0 Å². The second-order valence-electron chi connectivity index (χ2n) is 5.33. The summed E-state index contributed by atoms with van der Waals surface area (Å²) < 4.78 is 2.18. The lowest BCUT2D eigenvalue weighted by molar-refractivity contribution is 1.08. The molecule has 20 heavy (non-hydrogen) atoms. The zero-order valence-electron chi connectivity index (χ0n) is 12.3. The van der Waals surface area contributed by atoms with Gasteiger partial charge in [0.05, 0.1) is 5.69 Å². The van der Waals surface area contributed by atoms with Crippen LogP contribution in [0, 0.1) is 27.7 Å². The summed E-state index contributed by atoms with van der Waals surface area (Å²) in [6.07, 6.45) is 0. The minimum absolute atomic E-state index is 0.832. The summed E-state index contributed by atoms with van der Waals surface area (Å²) in [7, 11) is 0. The van der Waals surface area contributed by atoms with Crippen LogP contribution < -0.4 is 5.32 Å². The molecule has 0 aromatic heterocycles. The highest BCUT2D eigenvalue weighted by molar-refractivity contribution is 9.11. The summed E-state index contributed by atoms with van der Waals surface area (Å²) in [5, 5.41) is 3.53. The molecule has 2 rings (SSSR count). The third kappa shape index (κ3) is 3.44. The molecule has 0 heterocycles. The first-order valence-electron chi connectivity index (χ1n) is 6.64. The summed E-state index contributed by atoms with van der Waals surface area (Å²) in [4.78, 5) is 0. The van der Waals surface area contributed by atoms with Crippen molar-refractivity contribution in [1.82, 2.24) is 0 Å². The predicted molar refractivity (Wildman–Crippen MR) is 94.6 cm³/mol. The highest BCUT2D eigenvalue weighted by Crippen LogP contribution is 2.33. The van der Waals surface area contributed by atoms with Crippen LogP contribution in [-0.2, 0) is 6.54 Å². The average Bonchev–Trinajstić information content (AvgIpc) is 2.30. The Morgan fingerprint density at radius 1 is 0.800 bits per heavy atom. The fraction of sp³-hybridized carbons (Fsp3) is 0.294. The maximum Gasteiger partial charge on any atom is 0.0631 e. The molecule has 0 bridgehead atoms. The molecule has 3 heteroatoms. The molecular weight excluding hydrogens is 378 g/mol. The van der Waals surface area contributed by atoms with Crippen LogP contribution in [0.4, 0.5) is 5.69 Å². The van der Waals surface area contributed by atoms with E-state index in [1.54, 1.807) is 0 Å². The standard InChI is InChI=1S/C17H19Br2N/c1-10-5-12(3)14(13(4)6-10)9-20-17-15(18)7-11(2)8-16(17)19/h5-8,20H,9H2,1-4H3. The van der Waals surface area contributed by atoms with E-state index in [9.17, 15) is 0 Å². The third-order valence-electron chi connectivity index (χ3n) is 3.47. The van der Waals surface area contributed by atoms with Crippen molar-refractivity contribution < 1.29 is 0 Å². The van der Waals surface area contributed by atoms with Crippen molar-refractivity contribution in [2.45, 2.75) is 34.2 Å². The second kappa shape index (κ2) is 6.31. The average molecular weight is 397 g/mol. The summed E-state index contributed by atoms with van der Waals surface area (Å²) in [6.45, 7) is 9.42. The van der Waals surface area contributed by atoms with Gasteiger partial charge in [0.15, 0.2) is 0 Å². The topological polar surface area (TPSA) is 12.0 Å². The van der Waals surface area contributed by atoms with Crippen molar-refractivity contribution in [3.63, 3.8) is 0 Å². The molecule has 1 N–H and O–H groups in total. The zero-order chi connectivity index (χ0) is 14.9. The van der Waals surface area contributed by atoms with Crippen LogP contribution >= 0.6 is 31.9 Å².